The van der Waals surface area contributed by atoms with Crippen LogP contribution in [-0.2, 0) is 16.1 Å². The van der Waals surface area contributed by atoms with Gasteiger partial charge in [-0.25, -0.2) is 9.69 Å². The van der Waals surface area contributed by atoms with Crippen LogP contribution in [0.2, 0.25) is 0 Å². The molecule has 4 amide bonds. The number of urea groups is 1. The van der Waals surface area contributed by atoms with E-state index in [0.29, 0.717) is 11.4 Å². The topological polar surface area (TPSA) is 80.6 Å². The molecular formula is C23H21N3O4. The van der Waals surface area contributed by atoms with Crippen molar-refractivity contribution < 1.29 is 19.1 Å². The second-order valence-electron chi connectivity index (χ2n) is 6.95. The zero-order valence-corrected chi connectivity index (χ0v) is 16.7. The van der Waals surface area contributed by atoms with Crippen molar-refractivity contribution in [3.05, 3.63) is 65.9 Å². The molecule has 0 atom stereocenters. The summed E-state index contributed by atoms with van der Waals surface area (Å²) in [6.45, 7) is 2.91. The van der Waals surface area contributed by atoms with Crippen molar-refractivity contribution in [2.24, 2.45) is 0 Å². The molecule has 0 radical (unpaired) electrons. The maximum Gasteiger partial charge on any atom is 0.335 e. The molecule has 0 unspecified atom stereocenters. The predicted molar refractivity (Wildman–Crippen MR) is 114 cm³/mol. The van der Waals surface area contributed by atoms with Crippen LogP contribution in [0.15, 0.2) is 60.3 Å². The second-order valence-corrected chi connectivity index (χ2v) is 6.95. The van der Waals surface area contributed by atoms with Gasteiger partial charge in [0.25, 0.3) is 11.8 Å². The second kappa shape index (κ2) is 7.87. The first kappa shape index (κ1) is 19.4. The summed E-state index contributed by atoms with van der Waals surface area (Å²) in [4.78, 5) is 38.9. The number of fused-ring (bicyclic) bond motifs is 1. The average molecular weight is 403 g/mol. The van der Waals surface area contributed by atoms with Crippen LogP contribution in [0, 0.1) is 0 Å². The highest BCUT2D eigenvalue weighted by atomic mass is 16.5. The lowest BCUT2D eigenvalue weighted by molar-refractivity contribution is -0.122. The molecule has 2 aromatic carbocycles. The molecule has 1 aliphatic rings. The van der Waals surface area contributed by atoms with E-state index >= 15 is 0 Å². The summed E-state index contributed by atoms with van der Waals surface area (Å²) in [5.74, 6) is -0.775. The van der Waals surface area contributed by atoms with Crippen molar-refractivity contribution >= 4 is 40.5 Å². The van der Waals surface area contributed by atoms with E-state index in [1.54, 1.807) is 30.3 Å². The van der Waals surface area contributed by atoms with Crippen molar-refractivity contribution in [3.63, 3.8) is 0 Å². The number of nitrogens with zero attached hydrogens (tertiary/aromatic N) is 2. The summed E-state index contributed by atoms with van der Waals surface area (Å²) in [6, 6.07) is 13.5. The van der Waals surface area contributed by atoms with Crippen LogP contribution in [-0.4, -0.2) is 29.5 Å². The maximum absolute atomic E-state index is 13.1. The fourth-order valence-corrected chi connectivity index (χ4v) is 3.59. The fraction of sp³-hybridized carbons (Fsp3) is 0.174. The van der Waals surface area contributed by atoms with Crippen molar-refractivity contribution in [3.8, 4) is 5.75 Å². The number of rotatable bonds is 5. The van der Waals surface area contributed by atoms with Gasteiger partial charge in [0.2, 0.25) is 0 Å². The van der Waals surface area contributed by atoms with E-state index in [1.165, 1.54) is 7.11 Å². The van der Waals surface area contributed by atoms with Gasteiger partial charge in [-0.1, -0.05) is 25.1 Å². The summed E-state index contributed by atoms with van der Waals surface area (Å²) >= 11 is 0. The number of hydrogen-bond donors (Lipinski definition) is 1. The van der Waals surface area contributed by atoms with Crippen molar-refractivity contribution in [2.75, 3.05) is 12.0 Å². The van der Waals surface area contributed by atoms with Gasteiger partial charge < -0.3 is 9.30 Å². The maximum atomic E-state index is 13.1. The first-order valence-corrected chi connectivity index (χ1v) is 9.67. The number of nitrogens with one attached hydrogen (secondary N) is 1. The number of benzene rings is 2. The van der Waals surface area contributed by atoms with Gasteiger partial charge in [0.15, 0.2) is 0 Å². The highest BCUT2D eigenvalue weighted by Gasteiger charge is 2.37. The van der Waals surface area contributed by atoms with Crippen LogP contribution >= 0.6 is 0 Å². The number of imide groups is 2. The Morgan fingerprint density at radius 1 is 1.03 bits per heavy atom. The summed E-state index contributed by atoms with van der Waals surface area (Å²) in [7, 11) is 1.53. The van der Waals surface area contributed by atoms with Gasteiger partial charge in [-0.2, -0.15) is 0 Å². The van der Waals surface area contributed by atoms with E-state index in [2.05, 4.69) is 16.8 Å². The molecule has 7 heteroatoms. The number of aromatic nitrogens is 1. The lowest BCUT2D eigenvalue weighted by atomic mass is 10.1. The molecule has 0 aliphatic carbocycles. The van der Waals surface area contributed by atoms with Crippen LogP contribution in [0.5, 0.6) is 5.75 Å². The smallest absolute Gasteiger partial charge is 0.335 e. The van der Waals surface area contributed by atoms with Gasteiger partial charge in [0, 0.05) is 29.2 Å². The molecule has 4 rings (SSSR count). The van der Waals surface area contributed by atoms with E-state index in [-0.39, 0.29) is 5.57 Å². The molecule has 152 valence electrons. The highest BCUT2D eigenvalue weighted by Crippen LogP contribution is 2.27. The Morgan fingerprint density at radius 3 is 2.47 bits per heavy atom. The molecule has 30 heavy (non-hydrogen) atoms. The third-order valence-electron chi connectivity index (χ3n) is 5.02. The molecule has 1 saturated heterocycles. The molecule has 1 aromatic heterocycles. The highest BCUT2D eigenvalue weighted by molar-refractivity contribution is 6.39. The monoisotopic (exact) mass is 403 g/mol. The Balaban J connectivity index is 1.77. The van der Waals surface area contributed by atoms with Crippen LogP contribution < -0.4 is 15.0 Å². The number of methoxy groups -OCH3 is 1. The minimum absolute atomic E-state index is 0.0928. The molecule has 0 bridgehead atoms. The van der Waals surface area contributed by atoms with Gasteiger partial charge in [-0.3, -0.25) is 14.9 Å². The van der Waals surface area contributed by atoms with Gasteiger partial charge >= 0.3 is 6.03 Å². The number of anilines is 1. The van der Waals surface area contributed by atoms with Crippen LogP contribution in [0.1, 0.15) is 18.9 Å². The number of carbonyl (C=O) groups is 3. The van der Waals surface area contributed by atoms with E-state index in [0.717, 1.165) is 34.3 Å². The molecule has 0 saturated carbocycles. The Hall–Kier alpha value is -3.87. The van der Waals surface area contributed by atoms with Gasteiger partial charge in [0.05, 0.1) is 12.8 Å². The quantitative estimate of drug-likeness (QED) is 0.520. The molecule has 1 N–H and O–H groups in total. The van der Waals surface area contributed by atoms with Gasteiger partial charge in [0.1, 0.15) is 11.3 Å². The molecule has 1 aliphatic heterocycles. The van der Waals surface area contributed by atoms with E-state index in [4.69, 9.17) is 4.74 Å². The summed E-state index contributed by atoms with van der Waals surface area (Å²) in [5, 5.41) is 3.20. The summed E-state index contributed by atoms with van der Waals surface area (Å²) in [5.41, 5.74) is 2.04. The number of barbiturate groups is 1. The Bertz CT molecular complexity index is 1170. The first-order chi connectivity index (χ1) is 14.5. The SMILES string of the molecule is CCCn1cc(/C=C2\C(=O)NC(=O)N(c3ccc(OC)cc3)C2=O)c2ccccc21. The zero-order valence-electron chi connectivity index (χ0n) is 16.7. The zero-order chi connectivity index (χ0) is 21.3. The minimum atomic E-state index is -0.777. The number of amides is 4. The van der Waals surface area contributed by atoms with Crippen molar-refractivity contribution in [2.45, 2.75) is 19.9 Å². The van der Waals surface area contributed by atoms with Crippen molar-refractivity contribution in [1.82, 2.24) is 9.88 Å². The lowest BCUT2D eigenvalue weighted by Gasteiger charge is -2.26. The van der Waals surface area contributed by atoms with Gasteiger partial charge in [-0.05, 0) is 42.8 Å². The normalized spacial score (nSPS) is 15.7. The lowest BCUT2D eigenvalue weighted by Crippen LogP contribution is -2.54. The fourth-order valence-electron chi connectivity index (χ4n) is 3.59. The number of aryl methyl sites for hydroxylation is 1. The van der Waals surface area contributed by atoms with Gasteiger partial charge in [-0.15, -0.1) is 0 Å². The van der Waals surface area contributed by atoms with E-state index in [1.807, 2.05) is 30.5 Å². The van der Waals surface area contributed by atoms with E-state index in [9.17, 15) is 14.4 Å². The first-order valence-electron chi connectivity index (χ1n) is 9.67. The average Bonchev–Trinajstić information content (AvgIpc) is 3.09. The number of hydrogen-bond acceptors (Lipinski definition) is 4. The summed E-state index contributed by atoms with van der Waals surface area (Å²) in [6.07, 6.45) is 4.43. The number of carbonyl (C=O) groups excluding carboxylic acids is 3. The predicted octanol–water partition coefficient (Wildman–Crippen LogP) is 3.73. The van der Waals surface area contributed by atoms with Crippen molar-refractivity contribution in [1.29, 1.82) is 0 Å². The van der Waals surface area contributed by atoms with Crippen LogP contribution in [0.3, 0.4) is 0 Å². The number of para-hydroxylation sites is 1. The largest absolute Gasteiger partial charge is 0.497 e. The Labute approximate surface area is 173 Å². The third-order valence-corrected chi connectivity index (χ3v) is 5.02. The third kappa shape index (κ3) is 3.34. The standard InChI is InChI=1S/C23H21N3O4/c1-3-12-25-14-15(18-6-4-5-7-20(18)25)13-19-21(27)24-23(29)26(22(19)28)16-8-10-17(30-2)11-9-16/h4-11,13-14H,3,12H2,1-2H3,(H,24,27,29)/b19-13+. The van der Waals surface area contributed by atoms with E-state index < -0.39 is 17.8 Å². The Kier molecular flexibility index (Phi) is 5.10. The molecule has 0 spiro atoms. The van der Waals surface area contributed by atoms with Crippen LogP contribution in [0.4, 0.5) is 10.5 Å². The minimum Gasteiger partial charge on any atom is -0.497 e. The van der Waals surface area contributed by atoms with Crippen LogP contribution in [0.25, 0.3) is 17.0 Å². The molecule has 3 aromatic rings. The molecule has 2 heterocycles. The number of ether oxygens (including phenoxy) is 1. The Morgan fingerprint density at radius 2 is 1.77 bits per heavy atom. The summed E-state index contributed by atoms with van der Waals surface area (Å²) < 4.78 is 7.22. The molecule has 1 fully saturated rings. The molecular weight excluding hydrogens is 382 g/mol. The molecule has 7 nitrogen and oxygen atoms in total.